The maximum Gasteiger partial charge on any atom is 0.191 e. The molecule has 0 radical (unpaired) electrons. The van der Waals surface area contributed by atoms with Crippen molar-refractivity contribution in [3.8, 4) is 5.69 Å². The van der Waals surface area contributed by atoms with Crippen molar-refractivity contribution in [3.63, 3.8) is 0 Å². The van der Waals surface area contributed by atoms with Gasteiger partial charge in [-0.15, -0.1) is 0 Å². The summed E-state index contributed by atoms with van der Waals surface area (Å²) in [5, 5.41) is 11.5. The second-order valence-corrected chi connectivity index (χ2v) is 7.78. The lowest BCUT2D eigenvalue weighted by Gasteiger charge is -2.29. The van der Waals surface area contributed by atoms with Crippen LogP contribution in [-0.2, 0) is 11.2 Å². The molecule has 0 unspecified atom stereocenters. The second-order valence-electron chi connectivity index (χ2n) is 7.78. The first-order chi connectivity index (χ1) is 14.1. The number of aliphatic imine (C=N–C) groups is 1. The fraction of sp³-hybridized carbons (Fsp3) is 0.545. The molecular weight excluding hydrogens is 369 g/mol. The number of hydrogen-bond acceptors (Lipinski definition) is 3. The molecule has 29 heavy (non-hydrogen) atoms. The quantitative estimate of drug-likeness (QED) is 0.500. The molecule has 1 fully saturated rings. The Morgan fingerprint density at radius 3 is 2.66 bits per heavy atom. The number of guanidine groups is 1. The summed E-state index contributed by atoms with van der Waals surface area (Å²) in [6, 6.07) is 8.31. The Labute approximate surface area is 172 Å². The van der Waals surface area contributed by atoms with E-state index in [1.54, 1.807) is 31.0 Å². The van der Waals surface area contributed by atoms with Crippen LogP contribution in [0.3, 0.4) is 0 Å². The van der Waals surface area contributed by atoms with Gasteiger partial charge in [0.2, 0.25) is 0 Å². The summed E-state index contributed by atoms with van der Waals surface area (Å²) in [5.74, 6) is 0.581. The molecule has 6 nitrogen and oxygen atoms in total. The lowest BCUT2D eigenvalue weighted by atomic mass is 9.83. The standard InChI is InChI=1S/C22H32FN5O/c1-24-21(26-17-22(13-16-29-2)11-3-4-12-22)25-14-9-19-10-15-28(27-19)20-7-5-18(23)6-8-20/h5-8,10,15H,3-4,9,11-14,16-17H2,1-2H3,(H2,24,25,26). The maximum atomic E-state index is 13.1. The second kappa shape index (κ2) is 10.4. The molecule has 0 bridgehead atoms. The van der Waals surface area contributed by atoms with Crippen LogP contribution in [0.1, 0.15) is 37.8 Å². The maximum absolute atomic E-state index is 13.1. The van der Waals surface area contributed by atoms with E-state index in [0.29, 0.717) is 5.41 Å². The van der Waals surface area contributed by atoms with E-state index in [1.807, 2.05) is 12.3 Å². The van der Waals surface area contributed by atoms with Gasteiger partial charge in [0.1, 0.15) is 5.82 Å². The molecule has 0 saturated heterocycles. The third kappa shape index (κ3) is 6.03. The summed E-state index contributed by atoms with van der Waals surface area (Å²) in [5.41, 5.74) is 2.15. The first-order valence-corrected chi connectivity index (χ1v) is 10.4. The monoisotopic (exact) mass is 401 g/mol. The van der Waals surface area contributed by atoms with Crippen molar-refractivity contribution in [2.75, 3.05) is 33.9 Å². The molecule has 1 aromatic carbocycles. The number of benzene rings is 1. The summed E-state index contributed by atoms with van der Waals surface area (Å²) in [7, 11) is 3.57. The van der Waals surface area contributed by atoms with E-state index in [-0.39, 0.29) is 5.82 Å². The van der Waals surface area contributed by atoms with Gasteiger partial charge in [0.25, 0.3) is 0 Å². The lowest BCUT2D eigenvalue weighted by molar-refractivity contribution is 0.138. The number of ether oxygens (including phenoxy) is 1. The van der Waals surface area contributed by atoms with Crippen molar-refractivity contribution in [1.29, 1.82) is 0 Å². The van der Waals surface area contributed by atoms with Crippen LogP contribution in [0.25, 0.3) is 5.69 Å². The Morgan fingerprint density at radius 1 is 1.21 bits per heavy atom. The van der Waals surface area contributed by atoms with Crippen molar-refractivity contribution >= 4 is 5.96 Å². The molecule has 1 aliphatic carbocycles. The van der Waals surface area contributed by atoms with Gasteiger partial charge >= 0.3 is 0 Å². The Morgan fingerprint density at radius 2 is 1.97 bits per heavy atom. The van der Waals surface area contributed by atoms with Crippen LogP contribution in [0.5, 0.6) is 0 Å². The van der Waals surface area contributed by atoms with Gasteiger partial charge in [-0.1, -0.05) is 12.8 Å². The number of halogens is 1. The number of nitrogens with one attached hydrogen (secondary N) is 2. The summed E-state index contributed by atoms with van der Waals surface area (Å²) < 4.78 is 20.1. The van der Waals surface area contributed by atoms with Gasteiger partial charge in [0.05, 0.1) is 11.4 Å². The van der Waals surface area contributed by atoms with Gasteiger partial charge in [0.15, 0.2) is 5.96 Å². The minimum Gasteiger partial charge on any atom is -0.385 e. The zero-order chi connectivity index (χ0) is 20.5. The average Bonchev–Trinajstić information content (AvgIpc) is 3.40. The molecule has 0 aliphatic heterocycles. The molecule has 1 heterocycles. The van der Waals surface area contributed by atoms with Crippen LogP contribution in [0, 0.1) is 11.2 Å². The SMILES string of the molecule is CN=C(NCCc1ccn(-c2ccc(F)cc2)n1)NCC1(CCOC)CCCC1. The Kier molecular flexibility index (Phi) is 7.63. The van der Waals surface area contributed by atoms with Crippen LogP contribution >= 0.6 is 0 Å². The number of nitrogens with zero attached hydrogens (tertiary/aromatic N) is 3. The Hall–Kier alpha value is -2.41. The Bertz CT molecular complexity index is 781. The van der Waals surface area contributed by atoms with E-state index in [9.17, 15) is 4.39 Å². The molecule has 1 saturated carbocycles. The van der Waals surface area contributed by atoms with E-state index >= 15 is 0 Å². The van der Waals surface area contributed by atoms with Crippen LogP contribution in [0.2, 0.25) is 0 Å². The van der Waals surface area contributed by atoms with E-state index < -0.39 is 0 Å². The van der Waals surface area contributed by atoms with E-state index in [1.165, 1.54) is 37.8 Å². The normalized spacial score (nSPS) is 16.2. The van der Waals surface area contributed by atoms with Crippen molar-refractivity contribution in [2.45, 2.75) is 38.5 Å². The highest BCUT2D eigenvalue weighted by Gasteiger charge is 2.33. The summed E-state index contributed by atoms with van der Waals surface area (Å²) >= 11 is 0. The lowest BCUT2D eigenvalue weighted by Crippen LogP contribution is -2.44. The van der Waals surface area contributed by atoms with Crippen LogP contribution in [0.15, 0.2) is 41.5 Å². The highest BCUT2D eigenvalue weighted by Crippen LogP contribution is 2.40. The van der Waals surface area contributed by atoms with E-state index in [0.717, 1.165) is 49.9 Å². The molecule has 1 aromatic heterocycles. The molecule has 3 rings (SSSR count). The molecule has 0 amide bonds. The van der Waals surface area contributed by atoms with Gasteiger partial charge in [-0.3, -0.25) is 4.99 Å². The zero-order valence-electron chi connectivity index (χ0n) is 17.5. The molecule has 158 valence electrons. The largest absolute Gasteiger partial charge is 0.385 e. The van der Waals surface area contributed by atoms with E-state index in [4.69, 9.17) is 4.74 Å². The van der Waals surface area contributed by atoms with Crippen molar-refractivity contribution in [3.05, 3.63) is 48.0 Å². The molecule has 1 aliphatic rings. The number of rotatable bonds is 9. The molecule has 2 aromatic rings. The molecular formula is C22H32FN5O. The summed E-state index contributed by atoms with van der Waals surface area (Å²) in [4.78, 5) is 4.35. The fourth-order valence-electron chi connectivity index (χ4n) is 3.99. The van der Waals surface area contributed by atoms with E-state index in [2.05, 4.69) is 20.7 Å². The molecule has 0 atom stereocenters. The topological polar surface area (TPSA) is 63.5 Å². The molecule has 2 N–H and O–H groups in total. The zero-order valence-corrected chi connectivity index (χ0v) is 17.5. The average molecular weight is 402 g/mol. The smallest absolute Gasteiger partial charge is 0.191 e. The highest BCUT2D eigenvalue weighted by molar-refractivity contribution is 5.79. The van der Waals surface area contributed by atoms with Gasteiger partial charge in [-0.05, 0) is 55.0 Å². The first kappa shape index (κ1) is 21.3. The van der Waals surface area contributed by atoms with Gasteiger partial charge in [-0.25, -0.2) is 9.07 Å². The van der Waals surface area contributed by atoms with Gasteiger partial charge in [0, 0.05) is 46.5 Å². The minimum atomic E-state index is -0.245. The molecule has 7 heteroatoms. The predicted octanol–water partition coefficient (Wildman–Crippen LogP) is 3.32. The van der Waals surface area contributed by atoms with Crippen molar-refractivity contribution < 1.29 is 9.13 Å². The third-order valence-corrected chi connectivity index (χ3v) is 5.76. The van der Waals surface area contributed by atoms with Crippen LogP contribution < -0.4 is 10.6 Å². The van der Waals surface area contributed by atoms with Crippen LogP contribution in [0.4, 0.5) is 4.39 Å². The molecule has 0 spiro atoms. The van der Waals surface area contributed by atoms with Crippen molar-refractivity contribution in [2.24, 2.45) is 10.4 Å². The highest BCUT2D eigenvalue weighted by atomic mass is 19.1. The van der Waals surface area contributed by atoms with Crippen LogP contribution in [-0.4, -0.2) is 49.6 Å². The number of methoxy groups -OCH3 is 1. The number of hydrogen-bond donors (Lipinski definition) is 2. The van der Waals surface area contributed by atoms with Crippen molar-refractivity contribution in [1.82, 2.24) is 20.4 Å². The summed E-state index contributed by atoms with van der Waals surface area (Å²) in [6.45, 7) is 2.48. The minimum absolute atomic E-state index is 0.245. The van der Waals surface area contributed by atoms with Gasteiger partial charge < -0.3 is 15.4 Å². The first-order valence-electron chi connectivity index (χ1n) is 10.4. The third-order valence-electron chi connectivity index (χ3n) is 5.76. The fourth-order valence-corrected chi connectivity index (χ4v) is 3.99. The van der Waals surface area contributed by atoms with Gasteiger partial charge in [-0.2, -0.15) is 5.10 Å². The predicted molar refractivity (Wildman–Crippen MR) is 114 cm³/mol. The number of aromatic nitrogens is 2. The Balaban J connectivity index is 1.46. The summed E-state index contributed by atoms with van der Waals surface area (Å²) in [6.07, 6.45) is 8.87.